The van der Waals surface area contributed by atoms with Gasteiger partial charge in [0.15, 0.2) is 0 Å². The molecule has 1 aliphatic carbocycles. The minimum absolute atomic E-state index is 0.106. The molecule has 6 rings (SSSR count). The van der Waals surface area contributed by atoms with Crippen LogP contribution in [0.5, 0.6) is 0 Å². The molecule has 1 aliphatic rings. The second kappa shape index (κ2) is 13.1. The standard InChI is InChI=1S/C34H33N3O4S2/c1-2-41-34(40)31-26-12-6-8-14-28(26)43-33(31)36-30(38)21-42-29-20-37(27-13-7-5-11-25(27)29)18-17-35-32(39)24-16-15-22-9-3-4-10-23(22)19-24/h3-5,7,9-11,13,15-16,19-20H,2,6,8,12,14,17-18,21H2,1H3,(H,35,39)(H,36,38). The van der Waals surface area contributed by atoms with Crippen LogP contribution in [0, 0.1) is 0 Å². The molecule has 3 aromatic carbocycles. The molecule has 2 N–H and O–H groups in total. The molecule has 0 fully saturated rings. The van der Waals surface area contributed by atoms with E-state index in [4.69, 9.17) is 4.74 Å². The van der Waals surface area contributed by atoms with Gasteiger partial charge in [-0.2, -0.15) is 0 Å². The number of aryl methyl sites for hydroxylation is 1. The predicted molar refractivity (Wildman–Crippen MR) is 174 cm³/mol. The molecular formula is C34H33N3O4S2. The average Bonchev–Trinajstić information content (AvgIpc) is 3.57. The lowest BCUT2D eigenvalue weighted by Gasteiger charge is -2.12. The highest BCUT2D eigenvalue weighted by Gasteiger charge is 2.27. The number of ether oxygens (including phenoxy) is 1. The van der Waals surface area contributed by atoms with E-state index in [-0.39, 0.29) is 23.5 Å². The number of nitrogens with zero attached hydrogens (tertiary/aromatic N) is 1. The summed E-state index contributed by atoms with van der Waals surface area (Å²) in [4.78, 5) is 40.9. The number of rotatable bonds is 10. The van der Waals surface area contributed by atoms with Gasteiger partial charge in [0.2, 0.25) is 5.91 Å². The van der Waals surface area contributed by atoms with Gasteiger partial charge in [0.05, 0.1) is 17.9 Å². The molecule has 2 aromatic heterocycles. The van der Waals surface area contributed by atoms with Gasteiger partial charge >= 0.3 is 5.97 Å². The van der Waals surface area contributed by atoms with E-state index in [9.17, 15) is 14.4 Å². The number of amides is 2. The molecular weight excluding hydrogens is 579 g/mol. The van der Waals surface area contributed by atoms with Crippen LogP contribution in [-0.4, -0.2) is 41.3 Å². The quantitative estimate of drug-likeness (QED) is 0.130. The zero-order valence-corrected chi connectivity index (χ0v) is 25.6. The Bertz CT molecular complexity index is 1820. The largest absolute Gasteiger partial charge is 0.462 e. The van der Waals surface area contributed by atoms with Crippen molar-refractivity contribution in [2.45, 2.75) is 44.0 Å². The van der Waals surface area contributed by atoms with E-state index in [0.717, 1.165) is 57.8 Å². The number of benzene rings is 3. The Labute approximate surface area is 258 Å². The van der Waals surface area contributed by atoms with Gasteiger partial charge in [-0.15, -0.1) is 23.1 Å². The van der Waals surface area contributed by atoms with Gasteiger partial charge in [-0.3, -0.25) is 9.59 Å². The lowest BCUT2D eigenvalue weighted by Crippen LogP contribution is -2.27. The molecule has 0 saturated carbocycles. The number of carbonyl (C=O) groups excluding carboxylic acids is 3. The highest BCUT2D eigenvalue weighted by molar-refractivity contribution is 8.00. The van der Waals surface area contributed by atoms with Crippen molar-refractivity contribution in [2.75, 3.05) is 24.2 Å². The van der Waals surface area contributed by atoms with Gasteiger partial charge in [-0.1, -0.05) is 48.5 Å². The fraction of sp³-hybridized carbons (Fsp3) is 0.265. The van der Waals surface area contributed by atoms with Crippen molar-refractivity contribution in [3.63, 3.8) is 0 Å². The van der Waals surface area contributed by atoms with Gasteiger partial charge in [-0.05, 0) is 67.1 Å². The lowest BCUT2D eigenvalue weighted by molar-refractivity contribution is -0.113. The number of esters is 1. The maximum Gasteiger partial charge on any atom is 0.341 e. The first kappa shape index (κ1) is 29.0. The number of fused-ring (bicyclic) bond motifs is 3. The van der Waals surface area contributed by atoms with Gasteiger partial charge in [0, 0.05) is 45.5 Å². The Balaban J connectivity index is 1.11. The van der Waals surface area contributed by atoms with E-state index in [0.29, 0.717) is 35.8 Å². The Hall–Kier alpha value is -4.08. The van der Waals surface area contributed by atoms with Crippen LogP contribution in [0.25, 0.3) is 21.7 Å². The van der Waals surface area contributed by atoms with Crippen LogP contribution >= 0.6 is 23.1 Å². The third-order valence-corrected chi connectivity index (χ3v) is 9.91. The van der Waals surface area contributed by atoms with Crippen molar-refractivity contribution in [3.8, 4) is 0 Å². The molecule has 2 heterocycles. The van der Waals surface area contributed by atoms with Crippen molar-refractivity contribution in [2.24, 2.45) is 0 Å². The summed E-state index contributed by atoms with van der Waals surface area (Å²) in [6.45, 7) is 3.15. The smallest absolute Gasteiger partial charge is 0.341 e. The van der Waals surface area contributed by atoms with Crippen molar-refractivity contribution < 1.29 is 19.1 Å². The normalized spacial score (nSPS) is 12.7. The molecule has 0 bridgehead atoms. The minimum atomic E-state index is -0.361. The predicted octanol–water partition coefficient (Wildman–Crippen LogP) is 7.07. The number of hydrogen-bond acceptors (Lipinski definition) is 6. The van der Waals surface area contributed by atoms with Crippen LogP contribution < -0.4 is 10.6 Å². The third-order valence-electron chi connectivity index (χ3n) is 7.66. The van der Waals surface area contributed by atoms with E-state index in [1.54, 1.807) is 6.92 Å². The molecule has 43 heavy (non-hydrogen) atoms. The number of hydrogen-bond donors (Lipinski definition) is 2. The van der Waals surface area contributed by atoms with E-state index in [2.05, 4.69) is 15.2 Å². The Morgan fingerprint density at radius 1 is 0.977 bits per heavy atom. The number of nitrogens with one attached hydrogen (secondary N) is 2. The fourth-order valence-electron chi connectivity index (χ4n) is 5.61. The van der Waals surface area contributed by atoms with E-state index in [1.807, 2.05) is 72.9 Å². The number of anilines is 1. The molecule has 5 aromatic rings. The summed E-state index contributed by atoms with van der Waals surface area (Å²) < 4.78 is 7.44. The molecule has 0 aliphatic heterocycles. The summed E-state index contributed by atoms with van der Waals surface area (Å²) in [5.74, 6) is -0.419. The molecule has 9 heteroatoms. The zero-order chi connectivity index (χ0) is 29.8. The van der Waals surface area contributed by atoms with Crippen LogP contribution in [0.2, 0.25) is 0 Å². The monoisotopic (exact) mass is 611 g/mol. The van der Waals surface area contributed by atoms with E-state index < -0.39 is 0 Å². The second-order valence-electron chi connectivity index (χ2n) is 10.5. The third kappa shape index (κ3) is 6.33. The Morgan fingerprint density at radius 2 is 1.77 bits per heavy atom. The number of para-hydroxylation sites is 1. The first-order valence-electron chi connectivity index (χ1n) is 14.6. The summed E-state index contributed by atoms with van der Waals surface area (Å²) in [5.41, 5.74) is 3.24. The number of carbonyl (C=O) groups is 3. The van der Waals surface area contributed by atoms with Gasteiger partial charge < -0.3 is 19.9 Å². The molecule has 0 spiro atoms. The highest BCUT2D eigenvalue weighted by atomic mass is 32.2. The first-order valence-corrected chi connectivity index (χ1v) is 16.4. The van der Waals surface area contributed by atoms with Crippen LogP contribution in [-0.2, 0) is 28.9 Å². The van der Waals surface area contributed by atoms with E-state index in [1.165, 1.54) is 28.0 Å². The average molecular weight is 612 g/mol. The van der Waals surface area contributed by atoms with Crippen molar-refractivity contribution >= 4 is 67.6 Å². The summed E-state index contributed by atoms with van der Waals surface area (Å²) >= 11 is 2.97. The van der Waals surface area contributed by atoms with Crippen molar-refractivity contribution in [1.82, 2.24) is 9.88 Å². The maximum atomic E-state index is 13.1. The Morgan fingerprint density at radius 3 is 2.63 bits per heavy atom. The van der Waals surface area contributed by atoms with Crippen LogP contribution in [0.4, 0.5) is 5.00 Å². The van der Waals surface area contributed by atoms with Gasteiger partial charge in [-0.25, -0.2) is 4.79 Å². The van der Waals surface area contributed by atoms with Crippen LogP contribution in [0.3, 0.4) is 0 Å². The SMILES string of the molecule is CCOC(=O)c1c(NC(=O)CSc2cn(CCNC(=O)c3ccc4ccccc4c3)c3ccccc23)sc2c1CCCC2. The van der Waals surface area contributed by atoms with Crippen molar-refractivity contribution in [3.05, 3.63) is 94.5 Å². The first-order chi connectivity index (χ1) is 21.0. The highest BCUT2D eigenvalue weighted by Crippen LogP contribution is 2.39. The zero-order valence-electron chi connectivity index (χ0n) is 24.0. The lowest BCUT2D eigenvalue weighted by atomic mass is 9.95. The van der Waals surface area contributed by atoms with Gasteiger partial charge in [0.25, 0.3) is 5.91 Å². The summed E-state index contributed by atoms with van der Waals surface area (Å²) in [7, 11) is 0. The molecule has 220 valence electrons. The molecule has 0 atom stereocenters. The van der Waals surface area contributed by atoms with E-state index >= 15 is 0 Å². The Kier molecular flexibility index (Phi) is 8.81. The molecule has 0 radical (unpaired) electrons. The second-order valence-corrected chi connectivity index (χ2v) is 12.6. The fourth-order valence-corrected chi connectivity index (χ4v) is 7.80. The summed E-state index contributed by atoms with van der Waals surface area (Å²) in [6.07, 6.45) is 5.94. The summed E-state index contributed by atoms with van der Waals surface area (Å²) in [6, 6.07) is 21.8. The van der Waals surface area contributed by atoms with Gasteiger partial charge in [0.1, 0.15) is 5.00 Å². The summed E-state index contributed by atoms with van der Waals surface area (Å²) in [5, 5.41) is 9.84. The molecule has 0 saturated heterocycles. The molecule has 7 nitrogen and oxygen atoms in total. The topological polar surface area (TPSA) is 89.4 Å². The van der Waals surface area contributed by atoms with Crippen molar-refractivity contribution in [1.29, 1.82) is 0 Å². The van der Waals surface area contributed by atoms with Crippen LogP contribution in [0.15, 0.2) is 77.8 Å². The number of thiophene rings is 1. The maximum absolute atomic E-state index is 13.1. The molecule has 0 unspecified atom stereocenters. The number of thioether (sulfide) groups is 1. The molecule has 2 amide bonds. The van der Waals surface area contributed by atoms with Crippen LogP contribution in [0.1, 0.15) is 50.9 Å². The number of aromatic nitrogens is 1. The minimum Gasteiger partial charge on any atom is -0.462 e.